The van der Waals surface area contributed by atoms with Gasteiger partial charge in [0.15, 0.2) is 0 Å². The summed E-state index contributed by atoms with van der Waals surface area (Å²) in [5.74, 6) is 1.10. The second-order valence-electron chi connectivity index (χ2n) is 5.10. The molecule has 0 aliphatic carbocycles. The van der Waals surface area contributed by atoms with Gasteiger partial charge in [-0.05, 0) is 42.3 Å². The number of nitrogens with two attached hydrogens (primary N) is 1. The van der Waals surface area contributed by atoms with Crippen LogP contribution in [0.3, 0.4) is 0 Å². The van der Waals surface area contributed by atoms with Crippen molar-refractivity contribution >= 4 is 27.0 Å². The van der Waals surface area contributed by atoms with E-state index in [1.54, 1.807) is 0 Å². The minimum Gasteiger partial charge on any atom is -0.328 e. The molecule has 0 unspecified atom stereocenters. The summed E-state index contributed by atoms with van der Waals surface area (Å²) in [6, 6.07) is 14.7. The third-order valence-corrected chi connectivity index (χ3v) is 4.25. The highest BCUT2D eigenvalue weighted by molar-refractivity contribution is 9.10. The molecule has 0 atom stereocenters. The van der Waals surface area contributed by atoms with Crippen molar-refractivity contribution in [1.29, 1.82) is 0 Å². The number of aromatic nitrogens is 2. The number of rotatable bonds is 4. The van der Waals surface area contributed by atoms with Crippen LogP contribution in [0.15, 0.2) is 46.9 Å². The van der Waals surface area contributed by atoms with E-state index in [1.807, 2.05) is 0 Å². The Morgan fingerprint density at radius 3 is 2.48 bits per heavy atom. The number of hydrogen-bond acceptors (Lipinski definition) is 2. The molecule has 0 fully saturated rings. The van der Waals surface area contributed by atoms with Gasteiger partial charge in [-0.1, -0.05) is 34.1 Å². The number of nitrogens with zero attached hydrogens (tertiary/aromatic N) is 2. The largest absolute Gasteiger partial charge is 0.328 e. The van der Waals surface area contributed by atoms with Gasteiger partial charge in [-0.15, -0.1) is 0 Å². The molecule has 0 saturated carbocycles. The first-order valence-corrected chi connectivity index (χ1v) is 7.93. The minimum absolute atomic E-state index is 0.553. The Labute approximate surface area is 132 Å². The summed E-state index contributed by atoms with van der Waals surface area (Å²) in [5.41, 5.74) is 10.3. The number of fused-ring (bicyclic) bond motifs is 1. The summed E-state index contributed by atoms with van der Waals surface area (Å²) in [6.07, 6.45) is 0.841. The predicted molar refractivity (Wildman–Crippen MR) is 90.2 cm³/mol. The number of halogens is 1. The van der Waals surface area contributed by atoms with Crippen molar-refractivity contribution in [3.8, 4) is 0 Å². The van der Waals surface area contributed by atoms with Gasteiger partial charge >= 0.3 is 0 Å². The van der Waals surface area contributed by atoms with Gasteiger partial charge in [-0.2, -0.15) is 0 Å². The van der Waals surface area contributed by atoms with E-state index < -0.39 is 0 Å². The molecule has 3 aromatic rings. The first kappa shape index (κ1) is 14.3. The summed E-state index contributed by atoms with van der Waals surface area (Å²) in [6.45, 7) is 3.63. The molecule has 108 valence electrons. The van der Waals surface area contributed by atoms with Gasteiger partial charge < -0.3 is 10.3 Å². The van der Waals surface area contributed by atoms with Gasteiger partial charge in [-0.3, -0.25) is 0 Å². The molecule has 0 spiro atoms. The van der Waals surface area contributed by atoms with Crippen LogP contribution >= 0.6 is 15.9 Å². The van der Waals surface area contributed by atoms with Crippen molar-refractivity contribution in [2.75, 3.05) is 0 Å². The van der Waals surface area contributed by atoms with Gasteiger partial charge in [0.05, 0.1) is 11.0 Å². The maximum Gasteiger partial charge on any atom is 0.114 e. The van der Waals surface area contributed by atoms with E-state index in [1.165, 1.54) is 11.1 Å². The van der Waals surface area contributed by atoms with Crippen molar-refractivity contribution in [2.45, 2.75) is 26.4 Å². The molecule has 0 amide bonds. The first-order chi connectivity index (χ1) is 10.2. The molecule has 1 heterocycles. The molecule has 1 aromatic heterocycles. The molecule has 3 rings (SSSR count). The van der Waals surface area contributed by atoms with E-state index >= 15 is 0 Å². The Kier molecular flexibility index (Phi) is 4.08. The zero-order chi connectivity index (χ0) is 14.8. The smallest absolute Gasteiger partial charge is 0.114 e. The van der Waals surface area contributed by atoms with Crippen LogP contribution in [0.1, 0.15) is 23.9 Å². The molecular weight excluding hydrogens is 326 g/mol. The van der Waals surface area contributed by atoms with Crippen LogP contribution in [-0.4, -0.2) is 9.55 Å². The quantitative estimate of drug-likeness (QED) is 0.781. The molecule has 3 nitrogen and oxygen atoms in total. The summed E-state index contributed by atoms with van der Waals surface area (Å²) in [7, 11) is 0. The van der Waals surface area contributed by atoms with Gasteiger partial charge in [-0.25, -0.2) is 4.98 Å². The third kappa shape index (κ3) is 2.87. The normalized spacial score (nSPS) is 11.2. The van der Waals surface area contributed by atoms with Gasteiger partial charge in [0, 0.05) is 24.0 Å². The summed E-state index contributed by atoms with van der Waals surface area (Å²) >= 11 is 3.47. The Morgan fingerprint density at radius 2 is 1.81 bits per heavy atom. The van der Waals surface area contributed by atoms with E-state index in [4.69, 9.17) is 10.7 Å². The molecule has 2 aromatic carbocycles. The highest BCUT2D eigenvalue weighted by Crippen LogP contribution is 2.21. The van der Waals surface area contributed by atoms with Crippen LogP contribution < -0.4 is 5.73 Å². The lowest BCUT2D eigenvalue weighted by Gasteiger charge is -2.06. The van der Waals surface area contributed by atoms with Crippen molar-refractivity contribution < 1.29 is 0 Å². The second-order valence-corrected chi connectivity index (χ2v) is 6.02. The SMILES string of the molecule is CCn1c(Cc2ccc(Br)cc2)nc2cc(CN)ccc21. The average molecular weight is 344 g/mol. The van der Waals surface area contributed by atoms with Crippen LogP contribution in [0.2, 0.25) is 0 Å². The van der Waals surface area contributed by atoms with Crippen molar-refractivity contribution in [1.82, 2.24) is 9.55 Å². The van der Waals surface area contributed by atoms with Crippen LogP contribution in [0.25, 0.3) is 11.0 Å². The second kappa shape index (κ2) is 6.00. The molecule has 0 bridgehead atoms. The number of hydrogen-bond donors (Lipinski definition) is 1. The Bertz CT molecular complexity index is 760. The summed E-state index contributed by atoms with van der Waals surface area (Å²) in [5, 5.41) is 0. The fourth-order valence-electron chi connectivity index (χ4n) is 2.62. The molecule has 2 N–H and O–H groups in total. The molecule has 0 saturated heterocycles. The lowest BCUT2D eigenvalue weighted by Crippen LogP contribution is -2.02. The molecule has 0 aliphatic heterocycles. The van der Waals surface area contributed by atoms with E-state index in [-0.39, 0.29) is 0 Å². The standard InChI is InChI=1S/C17H18BrN3/c1-2-21-16-8-5-13(11-19)9-15(16)20-17(21)10-12-3-6-14(18)7-4-12/h3-9H,2,10-11,19H2,1H3. The maximum absolute atomic E-state index is 5.72. The monoisotopic (exact) mass is 343 g/mol. The lowest BCUT2D eigenvalue weighted by atomic mass is 10.1. The van der Waals surface area contributed by atoms with Crippen LogP contribution in [-0.2, 0) is 19.5 Å². The van der Waals surface area contributed by atoms with Crippen LogP contribution in [0.5, 0.6) is 0 Å². The molecule has 4 heteroatoms. The third-order valence-electron chi connectivity index (χ3n) is 3.72. The van der Waals surface area contributed by atoms with E-state index in [0.717, 1.165) is 34.3 Å². The van der Waals surface area contributed by atoms with Crippen molar-refractivity contribution in [3.63, 3.8) is 0 Å². The molecular formula is C17H18BrN3. The van der Waals surface area contributed by atoms with E-state index in [0.29, 0.717) is 6.54 Å². The fourth-order valence-corrected chi connectivity index (χ4v) is 2.89. The highest BCUT2D eigenvalue weighted by Gasteiger charge is 2.10. The topological polar surface area (TPSA) is 43.8 Å². The molecule has 0 radical (unpaired) electrons. The van der Waals surface area contributed by atoms with Gasteiger partial charge in [0.25, 0.3) is 0 Å². The zero-order valence-corrected chi connectivity index (χ0v) is 13.6. The Hall–Kier alpha value is -1.65. The Balaban J connectivity index is 2.02. The van der Waals surface area contributed by atoms with E-state index in [2.05, 4.69) is 69.9 Å². The maximum atomic E-state index is 5.72. The number of imidazole rings is 1. The summed E-state index contributed by atoms with van der Waals surface area (Å²) < 4.78 is 3.38. The average Bonchev–Trinajstić information content (AvgIpc) is 2.85. The van der Waals surface area contributed by atoms with Crippen molar-refractivity contribution in [2.24, 2.45) is 5.73 Å². The van der Waals surface area contributed by atoms with Gasteiger partial charge in [0.2, 0.25) is 0 Å². The highest BCUT2D eigenvalue weighted by atomic mass is 79.9. The minimum atomic E-state index is 0.553. The molecule has 0 aliphatic rings. The van der Waals surface area contributed by atoms with Crippen LogP contribution in [0.4, 0.5) is 0 Å². The van der Waals surface area contributed by atoms with E-state index in [9.17, 15) is 0 Å². The van der Waals surface area contributed by atoms with Gasteiger partial charge in [0.1, 0.15) is 5.82 Å². The zero-order valence-electron chi connectivity index (χ0n) is 12.0. The molecule has 21 heavy (non-hydrogen) atoms. The van der Waals surface area contributed by atoms with Crippen LogP contribution in [0, 0.1) is 0 Å². The predicted octanol–water partition coefficient (Wildman–Crippen LogP) is 3.87. The fraction of sp³-hybridized carbons (Fsp3) is 0.235. The number of benzene rings is 2. The first-order valence-electron chi connectivity index (χ1n) is 7.14. The Morgan fingerprint density at radius 1 is 1.10 bits per heavy atom. The summed E-state index contributed by atoms with van der Waals surface area (Å²) in [4.78, 5) is 4.81. The van der Waals surface area contributed by atoms with Crippen molar-refractivity contribution in [3.05, 3.63) is 63.9 Å². The number of aryl methyl sites for hydroxylation is 1. The lowest BCUT2D eigenvalue weighted by molar-refractivity contribution is 0.733.